The highest BCUT2D eigenvalue weighted by atomic mass is 32.2. The van der Waals surface area contributed by atoms with Crippen molar-refractivity contribution < 1.29 is 63.6 Å². The normalized spacial score (nSPS) is 14.1. The van der Waals surface area contributed by atoms with Crippen LogP contribution in [-0.4, -0.2) is 130 Å². The summed E-state index contributed by atoms with van der Waals surface area (Å²) < 4.78 is 100.0. The van der Waals surface area contributed by atoms with Crippen LogP contribution in [0.3, 0.4) is 0 Å². The summed E-state index contributed by atoms with van der Waals surface area (Å²) in [5.41, 5.74) is 7.32. The number of hydrogen-bond donors (Lipinski definition) is 6. The standard InChI is InChI=1S/C84H76N10O14S2Si3/c1-111(2,47-23-21-45-85-65(95)41-43-67(97)98)107-113(108-112(3,4)48-24-22-46-86-66(96)42-44-68(99)100)93-81-73-69(51-25-9-5-10-26-51)57-39-37-55(109(101,102)103)49-63(57)71(53-29-13-7-14-30-53)75(73)83(93)91-79-62-36-20-18-34-60(62)78(88-79)90-82-74-70(52-27-11-6-12-28-52)58-40-38-56(110(104,105)106)50-64(58)72(54-31-15-8-16-32-54)76(74)84(94(82)113)92-80-61-35-19-17-33-59(61)77(87-80)89-81/h5-20,25-40,49-50H,21-24,41-48H2,1-4H3,(H,85,95)(H,86,96)(H,97,98)(H,99,100)(H,101,102,103)(H,104,105,106). The van der Waals surface area contributed by atoms with Crippen molar-refractivity contribution >= 4 is 148 Å². The minimum absolute atomic E-state index is 0.181. The number of carboxylic acids is 2. The zero-order chi connectivity index (χ0) is 78.9. The molecule has 16 rings (SSSR count). The first-order chi connectivity index (χ1) is 54.3. The SMILES string of the molecule is C[Si](C)(CCCCNC(=O)CCC(=O)O)O[Si]1(O[Si](C)(C)CCCCNC(=O)CCC(=O)O)n2c3c4c(-c5ccccc5)c5cc(S(=O)(=O)O)ccc5c(-c5ccccc5)c4c2N=C2N=C(N=c4c5c(-c6ccccc6)c6cc(S(=O)(=O)O)ccc6c(-c6ccccc6)c5c(n41)=NC1=NC(=N3)c3ccccc31)c1ccccc12. The monoisotopic (exact) mass is 1600 g/mol. The van der Waals surface area contributed by atoms with E-state index in [1.165, 1.54) is 24.3 Å². The summed E-state index contributed by atoms with van der Waals surface area (Å²) in [5.74, 6) is -1.75. The third-order valence-electron chi connectivity index (χ3n) is 20.8. The maximum Gasteiger partial charge on any atom is 0.582 e. The Balaban J connectivity index is 1.18. The lowest BCUT2D eigenvalue weighted by Crippen LogP contribution is -2.70. The Labute approximate surface area is 652 Å². The molecular formula is C84H76N10O14S2Si3. The van der Waals surface area contributed by atoms with Crippen LogP contribution in [-0.2, 0) is 47.6 Å². The van der Waals surface area contributed by atoms with E-state index in [0.717, 1.165) is 0 Å². The third-order valence-corrected chi connectivity index (χ3v) is 34.1. The van der Waals surface area contributed by atoms with Gasteiger partial charge in [0.2, 0.25) is 11.8 Å². The van der Waals surface area contributed by atoms with Crippen LogP contribution >= 0.6 is 0 Å². The summed E-state index contributed by atoms with van der Waals surface area (Å²) in [7, 11) is -22.6. The van der Waals surface area contributed by atoms with Gasteiger partial charge in [-0.1, -0.05) is 195 Å². The van der Waals surface area contributed by atoms with Gasteiger partial charge in [0.1, 0.15) is 22.6 Å². The Bertz CT molecular complexity index is 6460. The number of rotatable bonds is 26. The predicted octanol–water partition coefficient (Wildman–Crippen LogP) is 14.8. The second-order valence-electron chi connectivity index (χ2n) is 29.5. The maximum absolute atomic E-state index is 13.9. The number of aliphatic imine (C=N–C) groups is 4. The Morgan fingerprint density at radius 2 is 0.708 bits per heavy atom. The summed E-state index contributed by atoms with van der Waals surface area (Å²) >= 11 is 0. The Morgan fingerprint density at radius 3 is 1.05 bits per heavy atom. The largest absolute Gasteiger partial charge is 0.582 e. The number of carboxylic acid groups (broad SMARTS) is 2. The van der Waals surface area contributed by atoms with E-state index in [0.29, 0.717) is 148 Å². The van der Waals surface area contributed by atoms with Gasteiger partial charge in [-0.15, -0.1) is 0 Å². The average molecular weight is 1600 g/mol. The van der Waals surface area contributed by atoms with Crippen LogP contribution in [0.15, 0.2) is 246 Å². The van der Waals surface area contributed by atoms with Gasteiger partial charge in [0.25, 0.3) is 20.2 Å². The number of benzene rings is 10. The van der Waals surface area contributed by atoms with E-state index in [-0.39, 0.29) is 94.5 Å². The summed E-state index contributed by atoms with van der Waals surface area (Å²) in [6, 6.07) is 63.4. The van der Waals surface area contributed by atoms with Gasteiger partial charge in [0.15, 0.2) is 40.0 Å². The molecule has 6 heterocycles. The first-order valence-corrected chi connectivity index (χ1v) is 48.0. The highest BCUT2D eigenvalue weighted by Crippen LogP contribution is 2.56. The molecule has 29 heteroatoms. The Morgan fingerprint density at radius 1 is 0.389 bits per heavy atom. The smallest absolute Gasteiger partial charge is 0.481 e. The fraction of sp³-hybridized carbons (Fsp3) is 0.190. The van der Waals surface area contributed by atoms with Crippen LogP contribution in [0, 0.1) is 0 Å². The molecule has 2 aromatic heterocycles. The molecule has 10 aromatic carbocycles. The highest BCUT2D eigenvalue weighted by molar-refractivity contribution is 7.86. The lowest BCUT2D eigenvalue weighted by Gasteiger charge is -2.43. The van der Waals surface area contributed by atoms with E-state index >= 15 is 0 Å². The van der Waals surface area contributed by atoms with Crippen molar-refractivity contribution in [1.29, 1.82) is 0 Å². The molecule has 0 aliphatic carbocycles. The highest BCUT2D eigenvalue weighted by Gasteiger charge is 2.59. The van der Waals surface area contributed by atoms with E-state index in [1.54, 1.807) is 12.1 Å². The number of amidine groups is 4. The molecular weight excluding hydrogens is 1520 g/mol. The molecule has 2 amide bonds. The number of unbranched alkanes of at least 4 members (excludes halogenated alkanes) is 2. The summed E-state index contributed by atoms with van der Waals surface area (Å²) in [6.07, 6.45) is 0.716. The number of carbonyl (C=O) groups is 4. The average Bonchev–Trinajstić information content (AvgIpc) is 1.51. The number of fused-ring (bicyclic) bond motifs is 16. The molecule has 6 N–H and O–H groups in total. The quantitative estimate of drug-likeness (QED) is 0.0167. The molecule has 0 fully saturated rings. The molecule has 0 spiro atoms. The first kappa shape index (κ1) is 75.4. The van der Waals surface area contributed by atoms with Gasteiger partial charge in [-0.2, -0.15) is 16.8 Å². The molecule has 113 heavy (non-hydrogen) atoms. The lowest BCUT2D eigenvalue weighted by atomic mass is 9.87. The van der Waals surface area contributed by atoms with E-state index in [1.807, 2.05) is 178 Å². The topological polar surface area (TPSA) is 344 Å². The van der Waals surface area contributed by atoms with E-state index in [4.69, 9.17) is 38.2 Å². The molecule has 24 nitrogen and oxygen atoms in total. The van der Waals surface area contributed by atoms with E-state index in [9.17, 15) is 55.3 Å². The van der Waals surface area contributed by atoms with E-state index < -0.39 is 69.5 Å². The van der Waals surface area contributed by atoms with Crippen LogP contribution in [0.1, 0.15) is 73.6 Å². The number of hydrogen-bond acceptors (Lipinski definition) is 16. The molecule has 0 saturated heterocycles. The van der Waals surface area contributed by atoms with Crippen molar-refractivity contribution in [2.45, 2.75) is 99.4 Å². The minimum atomic E-state index is -5.50. The third kappa shape index (κ3) is 14.3. The summed E-state index contributed by atoms with van der Waals surface area (Å²) in [4.78, 5) is 84.2. The number of amides is 2. The molecule has 12 aromatic rings. The van der Waals surface area contributed by atoms with Gasteiger partial charge in [-0.05, 0) is 119 Å². The van der Waals surface area contributed by atoms with Crippen LogP contribution in [0.2, 0.25) is 38.3 Å². The zero-order valence-electron chi connectivity index (χ0n) is 61.9. The molecule has 0 saturated carbocycles. The fourth-order valence-corrected chi connectivity index (χ4v) is 29.6. The first-order valence-electron chi connectivity index (χ1n) is 37.1. The van der Waals surface area contributed by atoms with Crippen molar-refractivity contribution in [1.82, 2.24) is 19.1 Å². The number of aliphatic carboxylic acids is 2. The van der Waals surface area contributed by atoms with Crippen LogP contribution in [0.5, 0.6) is 0 Å². The van der Waals surface area contributed by atoms with Crippen LogP contribution in [0.25, 0.3) is 87.6 Å². The van der Waals surface area contributed by atoms with Gasteiger partial charge in [0.05, 0.1) is 22.6 Å². The van der Waals surface area contributed by atoms with Crippen molar-refractivity contribution in [3.05, 3.63) is 239 Å². The minimum Gasteiger partial charge on any atom is -0.481 e. The summed E-state index contributed by atoms with van der Waals surface area (Å²) in [5, 5.41) is 28.5. The summed E-state index contributed by atoms with van der Waals surface area (Å²) in [6.45, 7) is 8.81. The Kier molecular flexibility index (Phi) is 19.9. The van der Waals surface area contributed by atoms with Crippen molar-refractivity contribution in [3.63, 3.8) is 0 Å². The van der Waals surface area contributed by atoms with Gasteiger partial charge in [-0.25, -0.2) is 30.0 Å². The molecule has 0 radical (unpaired) electrons. The van der Waals surface area contributed by atoms with Gasteiger partial charge >= 0.3 is 20.8 Å². The number of nitrogens with zero attached hydrogens (tertiary/aromatic N) is 8. The second-order valence-corrected chi connectivity index (χ2v) is 44.0. The number of carbonyl (C=O) groups excluding carboxylic acids is 2. The van der Waals surface area contributed by atoms with Crippen LogP contribution in [0.4, 0.5) is 11.6 Å². The molecule has 4 aliphatic rings. The predicted molar refractivity (Wildman–Crippen MR) is 442 cm³/mol. The molecule has 6 bridgehead atoms. The number of aromatic nitrogens is 2. The maximum atomic E-state index is 13.9. The second kappa shape index (κ2) is 29.8. The fourth-order valence-electron chi connectivity index (χ4n) is 15.9. The molecule has 0 unspecified atom stereocenters. The number of nitrogens with one attached hydrogen (secondary N) is 2. The van der Waals surface area contributed by atoms with Crippen molar-refractivity contribution in [2.24, 2.45) is 30.0 Å². The van der Waals surface area contributed by atoms with Crippen molar-refractivity contribution in [2.75, 3.05) is 13.1 Å². The van der Waals surface area contributed by atoms with Crippen LogP contribution < -0.4 is 21.6 Å². The molecule has 0 atom stereocenters. The zero-order valence-corrected chi connectivity index (χ0v) is 66.5. The van der Waals surface area contributed by atoms with Gasteiger partial charge in [0, 0.05) is 92.0 Å². The molecule has 4 aliphatic heterocycles. The van der Waals surface area contributed by atoms with Gasteiger partial charge in [-0.3, -0.25) is 36.7 Å². The van der Waals surface area contributed by atoms with Crippen molar-refractivity contribution in [3.8, 4) is 44.5 Å². The van der Waals surface area contributed by atoms with E-state index in [2.05, 4.69) is 36.8 Å². The van der Waals surface area contributed by atoms with Gasteiger partial charge < -0.3 is 29.1 Å². The molecule has 570 valence electrons. The Hall–Kier alpha value is -11.6. The lowest BCUT2D eigenvalue weighted by molar-refractivity contribution is -0.139.